The molecule has 0 radical (unpaired) electrons. The molecule has 2 N–H and O–H groups in total. The minimum atomic E-state index is -4.49. The molecule has 1 saturated heterocycles. The summed E-state index contributed by atoms with van der Waals surface area (Å²) in [5.41, 5.74) is 3.30. The van der Waals surface area contributed by atoms with Crippen LogP contribution in [0.5, 0.6) is 0 Å². The number of alkyl halides is 3. The van der Waals surface area contributed by atoms with Crippen LogP contribution in [0.25, 0.3) is 22.2 Å². The molecular formula is C28H29F3N6O2. The Kier molecular flexibility index (Phi) is 7.28. The number of ether oxygens (including phenoxy) is 1. The molecule has 4 aromatic rings. The number of aromatic nitrogens is 3. The van der Waals surface area contributed by atoms with E-state index in [-0.39, 0.29) is 17.9 Å². The highest BCUT2D eigenvalue weighted by atomic mass is 19.4. The first-order chi connectivity index (χ1) is 18.5. The van der Waals surface area contributed by atoms with Crippen LogP contribution in [0.4, 0.5) is 29.3 Å². The van der Waals surface area contributed by atoms with Crippen molar-refractivity contribution in [2.24, 2.45) is 7.05 Å². The van der Waals surface area contributed by atoms with Crippen molar-refractivity contribution < 1.29 is 22.7 Å². The second kappa shape index (κ2) is 10.7. The molecule has 1 aliphatic heterocycles. The van der Waals surface area contributed by atoms with Crippen LogP contribution in [-0.2, 0) is 24.5 Å². The number of morpholine rings is 1. The fraction of sp³-hybridized carbons (Fsp3) is 0.321. The summed E-state index contributed by atoms with van der Waals surface area (Å²) in [5, 5.41) is 10.4. The van der Waals surface area contributed by atoms with Crippen molar-refractivity contribution in [3.05, 3.63) is 72.1 Å². The van der Waals surface area contributed by atoms with Gasteiger partial charge < -0.3 is 15.4 Å². The molecule has 1 fully saturated rings. The fourth-order valence-corrected chi connectivity index (χ4v) is 4.93. The minimum absolute atomic E-state index is 0.0475. The zero-order chi connectivity index (χ0) is 27.7. The van der Waals surface area contributed by atoms with Gasteiger partial charge in [-0.3, -0.25) is 9.58 Å². The van der Waals surface area contributed by atoms with Gasteiger partial charge in [-0.25, -0.2) is 9.78 Å². The zero-order valence-corrected chi connectivity index (χ0v) is 21.8. The smallest absolute Gasteiger partial charge is 0.373 e. The van der Waals surface area contributed by atoms with E-state index in [9.17, 15) is 18.0 Å². The molecule has 2 aromatic heterocycles. The molecule has 2 amide bonds. The summed E-state index contributed by atoms with van der Waals surface area (Å²) in [5.74, 6) is 0. The van der Waals surface area contributed by atoms with Crippen molar-refractivity contribution in [1.29, 1.82) is 0 Å². The van der Waals surface area contributed by atoms with E-state index in [4.69, 9.17) is 9.72 Å². The second-order valence-electron chi connectivity index (χ2n) is 9.85. The molecule has 8 nitrogen and oxygen atoms in total. The lowest BCUT2D eigenvalue weighted by atomic mass is 10.0. The van der Waals surface area contributed by atoms with Crippen molar-refractivity contribution in [2.75, 3.05) is 23.7 Å². The van der Waals surface area contributed by atoms with Gasteiger partial charge in [-0.1, -0.05) is 18.2 Å². The number of fused-ring (bicyclic) bond motifs is 1. The molecule has 2 aromatic carbocycles. The first kappa shape index (κ1) is 26.6. The first-order valence-electron chi connectivity index (χ1n) is 12.6. The highest BCUT2D eigenvalue weighted by Crippen LogP contribution is 2.32. The third kappa shape index (κ3) is 6.21. The van der Waals surface area contributed by atoms with Crippen LogP contribution in [-0.4, -0.2) is 51.0 Å². The van der Waals surface area contributed by atoms with E-state index in [0.717, 1.165) is 53.1 Å². The summed E-state index contributed by atoms with van der Waals surface area (Å²) in [6.07, 6.45) is -2.40. The Morgan fingerprint density at radius 3 is 2.41 bits per heavy atom. The van der Waals surface area contributed by atoms with Crippen LogP contribution in [0.1, 0.15) is 25.1 Å². The molecule has 0 unspecified atom stereocenters. The Morgan fingerprint density at radius 2 is 1.72 bits per heavy atom. The maximum Gasteiger partial charge on any atom is 0.416 e. The number of benzene rings is 2. The maximum atomic E-state index is 13.0. The summed E-state index contributed by atoms with van der Waals surface area (Å²) in [7, 11) is 1.86. The molecule has 5 rings (SSSR count). The van der Waals surface area contributed by atoms with Crippen LogP contribution >= 0.6 is 0 Å². The molecule has 0 bridgehead atoms. The summed E-state index contributed by atoms with van der Waals surface area (Å²) in [6, 6.07) is 13.2. The lowest BCUT2D eigenvalue weighted by Crippen LogP contribution is -2.44. The lowest BCUT2D eigenvalue weighted by Gasteiger charge is -2.35. The van der Waals surface area contributed by atoms with Crippen molar-refractivity contribution >= 4 is 28.4 Å². The third-order valence-electron chi connectivity index (χ3n) is 6.54. The monoisotopic (exact) mass is 538 g/mol. The molecule has 11 heteroatoms. The van der Waals surface area contributed by atoms with Gasteiger partial charge in [-0.15, -0.1) is 0 Å². The van der Waals surface area contributed by atoms with Crippen LogP contribution in [0, 0.1) is 0 Å². The number of aryl methyl sites for hydroxylation is 1. The second-order valence-corrected chi connectivity index (χ2v) is 9.85. The summed E-state index contributed by atoms with van der Waals surface area (Å²) in [6.45, 7) is 6.48. The lowest BCUT2D eigenvalue weighted by molar-refractivity contribution is -0.137. The topological polar surface area (TPSA) is 84.3 Å². The van der Waals surface area contributed by atoms with Gasteiger partial charge in [0.15, 0.2) is 5.65 Å². The van der Waals surface area contributed by atoms with Crippen LogP contribution in [0.3, 0.4) is 0 Å². The van der Waals surface area contributed by atoms with Crippen molar-refractivity contribution in [2.45, 2.75) is 38.8 Å². The van der Waals surface area contributed by atoms with Crippen molar-refractivity contribution in [3.8, 4) is 11.1 Å². The van der Waals surface area contributed by atoms with Gasteiger partial charge in [0.25, 0.3) is 0 Å². The van der Waals surface area contributed by atoms with E-state index in [2.05, 4.69) is 40.5 Å². The van der Waals surface area contributed by atoms with E-state index < -0.39 is 17.8 Å². The number of nitrogens with one attached hydrogen (secondary N) is 2. The molecular weight excluding hydrogens is 509 g/mol. The van der Waals surface area contributed by atoms with Gasteiger partial charge in [0, 0.05) is 43.4 Å². The summed E-state index contributed by atoms with van der Waals surface area (Å²) < 4.78 is 46.5. The van der Waals surface area contributed by atoms with Gasteiger partial charge >= 0.3 is 12.2 Å². The number of hydrogen-bond donors (Lipinski definition) is 2. The first-order valence-corrected chi connectivity index (χ1v) is 12.6. The van der Waals surface area contributed by atoms with Gasteiger partial charge in [0.05, 0.1) is 29.7 Å². The number of carbonyl (C=O) groups excluding carboxylic acids is 1. The number of hydrogen-bond acceptors (Lipinski definition) is 5. The average Bonchev–Trinajstić information content (AvgIpc) is 3.23. The predicted octanol–water partition coefficient (Wildman–Crippen LogP) is 5.91. The van der Waals surface area contributed by atoms with E-state index in [1.54, 1.807) is 23.0 Å². The average molecular weight is 539 g/mol. The number of amides is 2. The van der Waals surface area contributed by atoms with Gasteiger partial charge in [0.2, 0.25) is 0 Å². The fourth-order valence-electron chi connectivity index (χ4n) is 4.93. The van der Waals surface area contributed by atoms with Gasteiger partial charge in [0.1, 0.15) is 0 Å². The molecule has 2 atom stereocenters. The quantitative estimate of drug-likeness (QED) is 0.330. The Bertz CT molecular complexity index is 1480. The van der Waals surface area contributed by atoms with Crippen LogP contribution < -0.4 is 10.6 Å². The maximum absolute atomic E-state index is 13.0. The minimum Gasteiger partial charge on any atom is -0.373 e. The van der Waals surface area contributed by atoms with Gasteiger partial charge in [-0.2, -0.15) is 18.3 Å². The number of rotatable bonds is 5. The standard InChI is InChI=1S/C28H29F3N6O2/c1-17-14-37(15-18(2)39-17)16-23-12-24(25-13-32-36(3)26(25)33-23)19-7-9-21(10-8-19)34-27(38)35-22-6-4-5-20(11-22)28(29,30)31/h4-13,17-18H,14-16H2,1-3H3,(H2,34,35,38)/t17-,18+. The highest BCUT2D eigenvalue weighted by molar-refractivity contribution is 6.00. The van der Waals surface area contributed by atoms with Crippen LogP contribution in [0.15, 0.2) is 60.8 Å². The number of pyridine rings is 1. The normalized spacial score (nSPS) is 18.3. The Morgan fingerprint density at radius 1 is 1.03 bits per heavy atom. The molecule has 39 heavy (non-hydrogen) atoms. The van der Waals surface area contributed by atoms with Crippen molar-refractivity contribution in [3.63, 3.8) is 0 Å². The van der Waals surface area contributed by atoms with E-state index in [0.29, 0.717) is 12.2 Å². The van der Waals surface area contributed by atoms with E-state index >= 15 is 0 Å². The highest BCUT2D eigenvalue weighted by Gasteiger charge is 2.30. The molecule has 1 aliphatic rings. The predicted molar refractivity (Wildman–Crippen MR) is 143 cm³/mol. The summed E-state index contributed by atoms with van der Waals surface area (Å²) >= 11 is 0. The number of nitrogens with zero attached hydrogens (tertiary/aromatic N) is 4. The molecule has 0 saturated carbocycles. The Hall–Kier alpha value is -3.96. The molecule has 0 spiro atoms. The molecule has 204 valence electrons. The number of halogens is 3. The van der Waals surface area contributed by atoms with E-state index in [1.165, 1.54) is 12.1 Å². The largest absolute Gasteiger partial charge is 0.416 e. The Balaban J connectivity index is 1.33. The summed E-state index contributed by atoms with van der Waals surface area (Å²) in [4.78, 5) is 19.6. The molecule has 0 aliphatic carbocycles. The number of anilines is 2. The van der Waals surface area contributed by atoms with E-state index in [1.807, 2.05) is 19.2 Å². The van der Waals surface area contributed by atoms with Crippen LogP contribution in [0.2, 0.25) is 0 Å². The molecule has 3 heterocycles. The Labute approximate surface area is 223 Å². The number of carbonyl (C=O) groups is 1. The SMILES string of the molecule is C[C@@H]1CN(Cc2cc(-c3ccc(NC(=O)Nc4cccc(C(F)(F)F)c4)cc3)c3cnn(C)c3n2)C[C@H](C)O1. The number of urea groups is 1. The third-order valence-corrected chi connectivity index (χ3v) is 6.54. The zero-order valence-electron chi connectivity index (χ0n) is 21.8. The van der Waals surface area contributed by atoms with Gasteiger partial charge in [-0.05, 0) is 61.4 Å². The van der Waals surface area contributed by atoms with Crippen molar-refractivity contribution in [1.82, 2.24) is 19.7 Å².